The van der Waals surface area contributed by atoms with Crippen molar-refractivity contribution >= 4 is 16.9 Å². The molecule has 0 bridgehead atoms. The fourth-order valence-electron chi connectivity index (χ4n) is 2.62. The molecule has 0 aliphatic heterocycles. The second-order valence-electron chi connectivity index (χ2n) is 4.99. The van der Waals surface area contributed by atoms with Crippen LogP contribution in [0.3, 0.4) is 0 Å². The third kappa shape index (κ3) is 2.77. The van der Waals surface area contributed by atoms with Gasteiger partial charge in [-0.2, -0.15) is 0 Å². The number of methoxy groups -OCH3 is 1. The van der Waals surface area contributed by atoms with Gasteiger partial charge in [-0.15, -0.1) is 0 Å². The number of rotatable bonds is 4. The number of nitrogens with zero attached hydrogens (tertiary/aromatic N) is 1. The predicted octanol–water partition coefficient (Wildman–Crippen LogP) is 3.95. The third-order valence-corrected chi connectivity index (χ3v) is 3.58. The standard InChI is InChI=1S/C18H16FNO3/c1-3-23-14-10-12(19)9-13(11-14)20-8-7-15-16(18(21)22-2)5-4-6-17(15)20/h4-11H,3H2,1-2H3. The summed E-state index contributed by atoms with van der Waals surface area (Å²) in [5, 5.41) is 0.751. The van der Waals surface area contributed by atoms with Crippen molar-refractivity contribution in [3.8, 4) is 11.4 Å². The summed E-state index contributed by atoms with van der Waals surface area (Å²) in [5.74, 6) is -0.312. The number of hydrogen-bond acceptors (Lipinski definition) is 3. The van der Waals surface area contributed by atoms with E-state index >= 15 is 0 Å². The zero-order valence-electron chi connectivity index (χ0n) is 12.9. The minimum Gasteiger partial charge on any atom is -0.494 e. The molecule has 3 rings (SSSR count). The van der Waals surface area contributed by atoms with Crippen LogP contribution in [0.1, 0.15) is 17.3 Å². The molecule has 5 heteroatoms. The molecule has 0 aliphatic carbocycles. The van der Waals surface area contributed by atoms with Crippen LogP contribution in [0.2, 0.25) is 0 Å². The highest BCUT2D eigenvalue weighted by Crippen LogP contribution is 2.27. The largest absolute Gasteiger partial charge is 0.494 e. The summed E-state index contributed by atoms with van der Waals surface area (Å²) in [4.78, 5) is 11.9. The summed E-state index contributed by atoms with van der Waals surface area (Å²) in [5.41, 5.74) is 1.90. The Morgan fingerprint density at radius 1 is 1.22 bits per heavy atom. The molecule has 0 unspecified atom stereocenters. The Hall–Kier alpha value is -2.82. The number of fused-ring (bicyclic) bond motifs is 1. The minimum absolute atomic E-state index is 0.378. The lowest BCUT2D eigenvalue weighted by Crippen LogP contribution is -2.02. The first-order valence-corrected chi connectivity index (χ1v) is 7.26. The molecule has 0 saturated heterocycles. The topological polar surface area (TPSA) is 40.5 Å². The van der Waals surface area contributed by atoms with Crippen LogP contribution in [0.5, 0.6) is 5.75 Å². The van der Waals surface area contributed by atoms with Gasteiger partial charge in [-0.1, -0.05) is 6.07 Å². The summed E-state index contributed by atoms with van der Waals surface area (Å²) in [6, 6.07) is 11.7. The molecule has 0 saturated carbocycles. The van der Waals surface area contributed by atoms with E-state index in [9.17, 15) is 9.18 Å². The first kappa shape index (κ1) is 15.1. The van der Waals surface area contributed by atoms with Crippen LogP contribution >= 0.6 is 0 Å². The number of hydrogen-bond donors (Lipinski definition) is 0. The van der Waals surface area contributed by atoms with Gasteiger partial charge in [0, 0.05) is 23.7 Å². The molecule has 3 aromatic rings. The Balaban J connectivity index is 2.16. The van der Waals surface area contributed by atoms with Crippen molar-refractivity contribution in [1.82, 2.24) is 4.57 Å². The maximum atomic E-state index is 13.8. The number of esters is 1. The molecule has 1 aromatic heterocycles. The zero-order valence-corrected chi connectivity index (χ0v) is 12.9. The lowest BCUT2D eigenvalue weighted by Gasteiger charge is -2.10. The number of benzene rings is 2. The van der Waals surface area contributed by atoms with Crippen LogP contribution in [0, 0.1) is 5.82 Å². The highest BCUT2D eigenvalue weighted by Gasteiger charge is 2.13. The van der Waals surface area contributed by atoms with Crippen LogP contribution in [-0.4, -0.2) is 24.3 Å². The van der Waals surface area contributed by atoms with Gasteiger partial charge in [0.2, 0.25) is 0 Å². The van der Waals surface area contributed by atoms with Gasteiger partial charge in [-0.25, -0.2) is 9.18 Å². The lowest BCUT2D eigenvalue weighted by atomic mass is 10.1. The average molecular weight is 313 g/mol. The summed E-state index contributed by atoms with van der Waals surface area (Å²) < 4.78 is 25.8. The molecule has 118 valence electrons. The molecule has 2 aromatic carbocycles. The van der Waals surface area contributed by atoms with Gasteiger partial charge < -0.3 is 14.0 Å². The Morgan fingerprint density at radius 3 is 2.78 bits per heavy atom. The van der Waals surface area contributed by atoms with Crippen LogP contribution in [-0.2, 0) is 4.74 Å². The van der Waals surface area contributed by atoms with Crippen molar-refractivity contribution in [3.63, 3.8) is 0 Å². The molecule has 0 atom stereocenters. The number of carbonyl (C=O) groups is 1. The number of carbonyl (C=O) groups excluding carboxylic acids is 1. The molecule has 0 amide bonds. The van der Waals surface area contributed by atoms with Crippen LogP contribution < -0.4 is 4.74 Å². The molecule has 23 heavy (non-hydrogen) atoms. The lowest BCUT2D eigenvalue weighted by molar-refractivity contribution is 0.0603. The normalized spacial score (nSPS) is 10.7. The minimum atomic E-state index is -0.400. The summed E-state index contributed by atoms with van der Waals surface area (Å²) in [6.07, 6.45) is 1.79. The van der Waals surface area contributed by atoms with E-state index in [0.717, 1.165) is 10.9 Å². The van der Waals surface area contributed by atoms with Gasteiger partial charge in [-0.3, -0.25) is 0 Å². The van der Waals surface area contributed by atoms with E-state index in [4.69, 9.17) is 9.47 Å². The van der Waals surface area contributed by atoms with E-state index in [1.165, 1.54) is 19.2 Å². The molecule has 0 radical (unpaired) electrons. The monoisotopic (exact) mass is 313 g/mol. The van der Waals surface area contributed by atoms with E-state index in [0.29, 0.717) is 23.6 Å². The van der Waals surface area contributed by atoms with Crippen molar-refractivity contribution in [2.45, 2.75) is 6.92 Å². The molecule has 1 heterocycles. The first-order valence-electron chi connectivity index (χ1n) is 7.26. The van der Waals surface area contributed by atoms with Gasteiger partial charge >= 0.3 is 5.97 Å². The summed E-state index contributed by atoms with van der Waals surface area (Å²) in [6.45, 7) is 2.31. The van der Waals surface area contributed by atoms with E-state index in [2.05, 4.69) is 0 Å². The first-order chi connectivity index (χ1) is 11.1. The summed E-state index contributed by atoms with van der Waals surface area (Å²) in [7, 11) is 1.35. The van der Waals surface area contributed by atoms with Crippen molar-refractivity contribution in [2.75, 3.05) is 13.7 Å². The number of ether oxygens (including phenoxy) is 2. The van der Waals surface area contributed by atoms with Crippen LogP contribution in [0.15, 0.2) is 48.7 Å². The maximum Gasteiger partial charge on any atom is 0.338 e. The molecular formula is C18H16FNO3. The Morgan fingerprint density at radius 2 is 2.04 bits per heavy atom. The van der Waals surface area contributed by atoms with Gasteiger partial charge in [0.1, 0.15) is 11.6 Å². The second-order valence-corrected chi connectivity index (χ2v) is 4.99. The number of aromatic nitrogens is 1. The molecule has 0 spiro atoms. The van der Waals surface area contributed by atoms with Gasteiger partial charge in [0.25, 0.3) is 0 Å². The highest BCUT2D eigenvalue weighted by molar-refractivity contribution is 6.04. The van der Waals surface area contributed by atoms with Gasteiger partial charge in [0.05, 0.1) is 30.5 Å². The van der Waals surface area contributed by atoms with E-state index in [1.54, 1.807) is 24.4 Å². The average Bonchev–Trinajstić information content (AvgIpc) is 2.98. The third-order valence-electron chi connectivity index (χ3n) is 3.58. The Labute approximate surface area is 133 Å². The summed E-state index contributed by atoms with van der Waals surface area (Å²) >= 11 is 0. The van der Waals surface area contributed by atoms with Gasteiger partial charge in [-0.05, 0) is 31.2 Å². The molecule has 0 aliphatic rings. The predicted molar refractivity (Wildman–Crippen MR) is 85.7 cm³/mol. The fourth-order valence-corrected chi connectivity index (χ4v) is 2.62. The van der Waals surface area contributed by atoms with Crippen molar-refractivity contribution < 1.29 is 18.7 Å². The zero-order chi connectivity index (χ0) is 16.4. The van der Waals surface area contributed by atoms with Gasteiger partial charge in [0.15, 0.2) is 0 Å². The van der Waals surface area contributed by atoms with Crippen molar-refractivity contribution in [1.29, 1.82) is 0 Å². The van der Waals surface area contributed by atoms with E-state index in [1.807, 2.05) is 23.6 Å². The van der Waals surface area contributed by atoms with E-state index < -0.39 is 5.97 Å². The van der Waals surface area contributed by atoms with Crippen LogP contribution in [0.25, 0.3) is 16.6 Å². The van der Waals surface area contributed by atoms with Crippen molar-refractivity contribution in [3.05, 3.63) is 60.0 Å². The highest BCUT2D eigenvalue weighted by atomic mass is 19.1. The smallest absolute Gasteiger partial charge is 0.338 e. The SMILES string of the molecule is CCOc1cc(F)cc(-n2ccc3c(C(=O)OC)cccc32)c1. The molecule has 4 nitrogen and oxygen atoms in total. The number of halogens is 1. The Bertz CT molecular complexity index is 870. The van der Waals surface area contributed by atoms with Crippen LogP contribution in [0.4, 0.5) is 4.39 Å². The molecular weight excluding hydrogens is 297 g/mol. The fraction of sp³-hybridized carbons (Fsp3) is 0.167. The Kier molecular flexibility index (Phi) is 4.02. The quantitative estimate of drug-likeness (QED) is 0.685. The second kappa shape index (κ2) is 6.12. The molecule has 0 N–H and O–H groups in total. The van der Waals surface area contributed by atoms with Crippen molar-refractivity contribution in [2.24, 2.45) is 0 Å². The van der Waals surface area contributed by atoms with E-state index in [-0.39, 0.29) is 5.82 Å². The maximum absolute atomic E-state index is 13.8. The molecule has 0 fully saturated rings.